The molecule has 126 valence electrons. The summed E-state index contributed by atoms with van der Waals surface area (Å²) in [6.07, 6.45) is 1.83. The van der Waals surface area contributed by atoms with Crippen LogP contribution in [0, 0.1) is 5.82 Å². The smallest absolute Gasteiger partial charge is 0.273 e. The predicted molar refractivity (Wildman–Crippen MR) is 93.3 cm³/mol. The summed E-state index contributed by atoms with van der Waals surface area (Å²) in [5, 5.41) is 2.44. The summed E-state index contributed by atoms with van der Waals surface area (Å²) in [5.41, 5.74) is 6.44. The Labute approximate surface area is 145 Å². The second-order valence-electron chi connectivity index (χ2n) is 5.00. The van der Waals surface area contributed by atoms with E-state index in [9.17, 15) is 9.18 Å². The first-order chi connectivity index (χ1) is 10.7. The summed E-state index contributed by atoms with van der Waals surface area (Å²) >= 11 is 1.37. The van der Waals surface area contributed by atoms with Crippen LogP contribution in [0.4, 0.5) is 4.39 Å². The van der Waals surface area contributed by atoms with Crippen molar-refractivity contribution >= 4 is 29.7 Å². The topological polar surface area (TPSA) is 59.2 Å². The van der Waals surface area contributed by atoms with Crippen LogP contribution < -0.4 is 5.73 Å². The van der Waals surface area contributed by atoms with E-state index in [1.165, 1.54) is 17.4 Å². The molecule has 4 nitrogen and oxygen atoms in total. The molecule has 7 heteroatoms. The van der Waals surface area contributed by atoms with Gasteiger partial charge in [-0.2, -0.15) is 0 Å². The third kappa shape index (κ3) is 5.27. The van der Waals surface area contributed by atoms with E-state index in [2.05, 4.69) is 11.9 Å². The van der Waals surface area contributed by atoms with Crippen molar-refractivity contribution in [1.82, 2.24) is 9.88 Å². The van der Waals surface area contributed by atoms with Crippen LogP contribution in [0.25, 0.3) is 0 Å². The Hall–Kier alpha value is -1.50. The molecule has 2 N–H and O–H groups in total. The zero-order valence-electron chi connectivity index (χ0n) is 13.0. The number of unbranched alkanes of at least 4 members (excludes halogenated alkanes) is 1. The maximum atomic E-state index is 13.8. The van der Waals surface area contributed by atoms with Crippen LogP contribution in [-0.4, -0.2) is 22.3 Å². The minimum absolute atomic E-state index is 0. The number of hydrogen-bond acceptors (Lipinski definition) is 4. The Bertz CT molecular complexity index is 635. The average molecular weight is 358 g/mol. The van der Waals surface area contributed by atoms with Crippen LogP contribution in [-0.2, 0) is 13.1 Å². The number of carbonyl (C=O) groups is 1. The van der Waals surface area contributed by atoms with Crippen LogP contribution >= 0.6 is 23.7 Å². The fourth-order valence-corrected chi connectivity index (χ4v) is 2.75. The maximum Gasteiger partial charge on any atom is 0.273 e. The Balaban J connectivity index is 0.00000264. The van der Waals surface area contributed by atoms with Gasteiger partial charge < -0.3 is 10.6 Å². The van der Waals surface area contributed by atoms with Crippen molar-refractivity contribution in [2.24, 2.45) is 5.73 Å². The average Bonchev–Trinajstić information content (AvgIpc) is 3.01. The van der Waals surface area contributed by atoms with Crippen molar-refractivity contribution in [3.63, 3.8) is 0 Å². The molecule has 0 fully saturated rings. The minimum atomic E-state index is -0.294. The fourth-order valence-electron chi connectivity index (χ4n) is 2.10. The number of thiazole rings is 1. The third-order valence-corrected chi connectivity index (χ3v) is 4.20. The number of amides is 1. The summed E-state index contributed by atoms with van der Waals surface area (Å²) in [4.78, 5) is 18.5. The van der Waals surface area contributed by atoms with Crippen molar-refractivity contribution in [2.75, 3.05) is 6.54 Å². The van der Waals surface area contributed by atoms with Crippen molar-refractivity contribution in [2.45, 2.75) is 32.9 Å². The van der Waals surface area contributed by atoms with Crippen molar-refractivity contribution in [3.8, 4) is 0 Å². The summed E-state index contributed by atoms with van der Waals surface area (Å²) in [7, 11) is 0. The molecule has 2 aromatic rings. The first-order valence-corrected chi connectivity index (χ1v) is 8.20. The normalized spacial score (nSPS) is 10.2. The van der Waals surface area contributed by atoms with Gasteiger partial charge in [-0.3, -0.25) is 4.79 Å². The van der Waals surface area contributed by atoms with E-state index in [4.69, 9.17) is 5.73 Å². The quantitative estimate of drug-likeness (QED) is 0.823. The number of hydrogen-bond donors (Lipinski definition) is 1. The number of rotatable bonds is 7. The molecule has 0 saturated heterocycles. The lowest BCUT2D eigenvalue weighted by Gasteiger charge is -2.22. The predicted octanol–water partition coefficient (Wildman–Crippen LogP) is 3.61. The lowest BCUT2D eigenvalue weighted by molar-refractivity contribution is 0.0734. The molecule has 0 aliphatic carbocycles. The van der Waals surface area contributed by atoms with Crippen molar-refractivity contribution in [3.05, 3.63) is 51.7 Å². The largest absolute Gasteiger partial charge is 0.333 e. The van der Waals surface area contributed by atoms with E-state index in [-0.39, 0.29) is 30.7 Å². The zero-order valence-corrected chi connectivity index (χ0v) is 14.6. The first-order valence-electron chi connectivity index (χ1n) is 7.32. The van der Waals surface area contributed by atoms with E-state index < -0.39 is 0 Å². The van der Waals surface area contributed by atoms with Crippen LogP contribution in [0.15, 0.2) is 29.6 Å². The standard InChI is InChI=1S/C16H20FN3OS.ClH/c1-2-3-8-20(10-12-6-4-5-7-13(12)17)16(21)14-11-22-15(9-18)19-14;/h4-7,11H,2-3,8-10,18H2,1H3;1H. The summed E-state index contributed by atoms with van der Waals surface area (Å²) < 4.78 is 13.8. The maximum absolute atomic E-state index is 13.8. The lowest BCUT2D eigenvalue weighted by atomic mass is 10.2. The third-order valence-electron chi connectivity index (χ3n) is 3.33. The van der Waals surface area contributed by atoms with Crippen LogP contribution in [0.5, 0.6) is 0 Å². The van der Waals surface area contributed by atoms with E-state index >= 15 is 0 Å². The van der Waals surface area contributed by atoms with Gasteiger partial charge in [0.1, 0.15) is 16.5 Å². The molecule has 0 aliphatic heterocycles. The van der Waals surface area contributed by atoms with E-state index in [1.807, 2.05) is 0 Å². The van der Waals surface area contributed by atoms with Gasteiger partial charge in [-0.15, -0.1) is 23.7 Å². The molecule has 23 heavy (non-hydrogen) atoms. The van der Waals surface area contributed by atoms with Crippen molar-refractivity contribution < 1.29 is 9.18 Å². The number of nitrogens with zero attached hydrogens (tertiary/aromatic N) is 2. The van der Waals surface area contributed by atoms with Gasteiger partial charge in [0.15, 0.2) is 0 Å². The van der Waals surface area contributed by atoms with E-state index in [1.54, 1.807) is 28.5 Å². The van der Waals surface area contributed by atoms with Gasteiger partial charge in [0.2, 0.25) is 0 Å². The molecule has 0 saturated carbocycles. The SMILES string of the molecule is CCCCN(Cc1ccccc1F)C(=O)c1csc(CN)n1.Cl. The molecular weight excluding hydrogens is 337 g/mol. The van der Waals surface area contributed by atoms with E-state index in [0.717, 1.165) is 17.8 Å². The van der Waals surface area contributed by atoms with Gasteiger partial charge >= 0.3 is 0 Å². The Morgan fingerprint density at radius 3 is 2.74 bits per heavy atom. The molecule has 0 aliphatic rings. The Kier molecular flexibility index (Phi) is 8.16. The van der Waals surface area contributed by atoms with Crippen molar-refractivity contribution in [1.29, 1.82) is 0 Å². The highest BCUT2D eigenvalue weighted by molar-refractivity contribution is 7.09. The number of aromatic nitrogens is 1. The first kappa shape index (κ1) is 19.5. The molecule has 0 radical (unpaired) electrons. The molecule has 1 heterocycles. The molecule has 1 amide bonds. The van der Waals surface area contributed by atoms with Gasteiger partial charge in [-0.25, -0.2) is 9.37 Å². The van der Waals surface area contributed by atoms with Crippen LogP contribution in [0.3, 0.4) is 0 Å². The number of benzene rings is 1. The molecule has 1 aromatic heterocycles. The number of carbonyl (C=O) groups excluding carboxylic acids is 1. The Morgan fingerprint density at radius 2 is 2.13 bits per heavy atom. The van der Waals surface area contributed by atoms with Crippen LogP contribution in [0.2, 0.25) is 0 Å². The summed E-state index contributed by atoms with van der Waals surface area (Å²) in [6, 6.07) is 6.53. The summed E-state index contributed by atoms with van der Waals surface area (Å²) in [5.74, 6) is -0.467. The molecule has 0 atom stereocenters. The van der Waals surface area contributed by atoms with Gasteiger partial charge in [-0.1, -0.05) is 31.5 Å². The fraction of sp³-hybridized carbons (Fsp3) is 0.375. The molecule has 0 bridgehead atoms. The second kappa shape index (κ2) is 9.60. The Morgan fingerprint density at radius 1 is 1.39 bits per heavy atom. The van der Waals surface area contributed by atoms with Gasteiger partial charge in [-0.05, 0) is 12.5 Å². The lowest BCUT2D eigenvalue weighted by Crippen LogP contribution is -2.32. The minimum Gasteiger partial charge on any atom is -0.333 e. The second-order valence-corrected chi connectivity index (χ2v) is 5.94. The van der Waals surface area contributed by atoms with Gasteiger partial charge in [0.25, 0.3) is 5.91 Å². The highest BCUT2D eigenvalue weighted by Gasteiger charge is 2.19. The molecule has 0 unspecified atom stereocenters. The molecular formula is C16H21ClFN3OS. The highest BCUT2D eigenvalue weighted by atomic mass is 35.5. The molecule has 1 aromatic carbocycles. The molecule has 2 rings (SSSR count). The monoisotopic (exact) mass is 357 g/mol. The molecule has 0 spiro atoms. The zero-order chi connectivity index (χ0) is 15.9. The highest BCUT2D eigenvalue weighted by Crippen LogP contribution is 2.16. The van der Waals surface area contributed by atoms with Gasteiger partial charge in [0.05, 0.1) is 0 Å². The van der Waals surface area contributed by atoms with Crippen LogP contribution in [0.1, 0.15) is 40.8 Å². The number of nitrogens with two attached hydrogens (primary N) is 1. The van der Waals surface area contributed by atoms with Gasteiger partial charge in [0, 0.05) is 30.6 Å². The number of halogens is 2. The summed E-state index contributed by atoms with van der Waals surface area (Å²) in [6.45, 7) is 3.21. The van der Waals surface area contributed by atoms with E-state index in [0.29, 0.717) is 24.3 Å².